The first-order chi connectivity index (χ1) is 15.8. The maximum absolute atomic E-state index is 12.8. The SMILES string of the molecule is CN(C)C(=O)c1ccc(-c2cnc(N3CCN(C(=O)C45CC(C4)C5)CC3)c(C#N)c2)cc1Cl. The van der Waals surface area contributed by atoms with E-state index in [4.69, 9.17) is 11.6 Å². The van der Waals surface area contributed by atoms with Gasteiger partial charge in [-0.25, -0.2) is 4.98 Å². The van der Waals surface area contributed by atoms with Gasteiger partial charge in [0.15, 0.2) is 0 Å². The Labute approximate surface area is 198 Å². The van der Waals surface area contributed by atoms with Gasteiger partial charge in [0.05, 0.1) is 21.6 Å². The van der Waals surface area contributed by atoms with Crippen LogP contribution in [-0.4, -0.2) is 66.9 Å². The number of carbonyl (C=O) groups excluding carboxylic acids is 2. The van der Waals surface area contributed by atoms with Crippen LogP contribution in [0.25, 0.3) is 11.1 Å². The highest BCUT2D eigenvalue weighted by Crippen LogP contribution is 2.65. The van der Waals surface area contributed by atoms with Crippen molar-refractivity contribution in [2.75, 3.05) is 45.2 Å². The Hall–Kier alpha value is -3.11. The summed E-state index contributed by atoms with van der Waals surface area (Å²) in [5, 5.41) is 10.1. The Kier molecular flexibility index (Phi) is 5.29. The molecule has 2 bridgehead atoms. The highest BCUT2D eigenvalue weighted by Gasteiger charge is 2.62. The maximum atomic E-state index is 12.8. The standard InChI is InChI=1S/C25H26ClN5O2/c1-29(2)23(32)20-4-3-17(10-21(20)26)19-9-18(14-27)22(28-15-19)30-5-7-31(8-6-30)24(33)25-11-16(12-25)13-25/h3-4,9-10,15-16H,5-8,11-13H2,1-2H3. The molecule has 6 rings (SSSR count). The number of anilines is 1. The number of hydrogen-bond acceptors (Lipinski definition) is 5. The molecule has 4 fully saturated rings. The molecule has 2 aromatic rings. The fraction of sp³-hybridized carbons (Fsp3) is 0.440. The smallest absolute Gasteiger partial charge is 0.254 e. The van der Waals surface area contributed by atoms with E-state index in [1.165, 1.54) is 4.90 Å². The highest BCUT2D eigenvalue weighted by atomic mass is 35.5. The normalized spacial score (nSPS) is 23.3. The summed E-state index contributed by atoms with van der Waals surface area (Å²) >= 11 is 6.36. The van der Waals surface area contributed by atoms with Gasteiger partial charge in [-0.1, -0.05) is 17.7 Å². The predicted molar refractivity (Wildman–Crippen MR) is 126 cm³/mol. The van der Waals surface area contributed by atoms with Gasteiger partial charge in [-0.3, -0.25) is 9.59 Å². The van der Waals surface area contributed by atoms with E-state index in [9.17, 15) is 14.9 Å². The number of aromatic nitrogens is 1. The Bertz CT molecular complexity index is 1160. The Morgan fingerprint density at radius 2 is 1.82 bits per heavy atom. The van der Waals surface area contributed by atoms with Crippen molar-refractivity contribution in [1.82, 2.24) is 14.8 Å². The second-order valence-corrected chi connectivity index (χ2v) is 10.0. The van der Waals surface area contributed by atoms with E-state index in [1.807, 2.05) is 11.0 Å². The summed E-state index contributed by atoms with van der Waals surface area (Å²) in [6.45, 7) is 2.66. The van der Waals surface area contributed by atoms with Crippen LogP contribution in [0.5, 0.6) is 0 Å². The van der Waals surface area contributed by atoms with Crippen LogP contribution in [0.1, 0.15) is 35.2 Å². The molecular weight excluding hydrogens is 438 g/mol. The first-order valence-corrected chi connectivity index (χ1v) is 11.7. The zero-order chi connectivity index (χ0) is 23.3. The summed E-state index contributed by atoms with van der Waals surface area (Å²) < 4.78 is 0. The quantitative estimate of drug-likeness (QED) is 0.694. The summed E-state index contributed by atoms with van der Waals surface area (Å²) in [5.74, 6) is 1.59. The molecule has 0 spiro atoms. The topological polar surface area (TPSA) is 80.5 Å². The molecule has 8 heteroatoms. The van der Waals surface area contributed by atoms with Crippen LogP contribution >= 0.6 is 11.6 Å². The molecule has 170 valence electrons. The lowest BCUT2D eigenvalue weighted by atomic mass is 9.44. The fourth-order valence-electron chi connectivity index (χ4n) is 5.26. The third-order valence-electron chi connectivity index (χ3n) is 7.28. The zero-order valence-electron chi connectivity index (χ0n) is 18.8. The van der Waals surface area contributed by atoms with Gasteiger partial charge in [0.2, 0.25) is 5.91 Å². The molecular formula is C25H26ClN5O2. The molecule has 33 heavy (non-hydrogen) atoms. The van der Waals surface area contributed by atoms with Crippen molar-refractivity contribution in [3.05, 3.63) is 46.6 Å². The van der Waals surface area contributed by atoms with Crippen molar-refractivity contribution in [2.45, 2.75) is 19.3 Å². The number of benzene rings is 1. The second kappa shape index (κ2) is 8.03. The lowest BCUT2D eigenvalue weighted by Crippen LogP contribution is -2.63. The second-order valence-electron chi connectivity index (χ2n) is 9.64. The van der Waals surface area contributed by atoms with Crippen LogP contribution in [0.4, 0.5) is 5.82 Å². The molecule has 2 heterocycles. The van der Waals surface area contributed by atoms with E-state index in [0.717, 1.165) is 36.3 Å². The van der Waals surface area contributed by atoms with Gasteiger partial charge in [0, 0.05) is 52.0 Å². The number of carbonyl (C=O) groups is 2. The van der Waals surface area contributed by atoms with Crippen LogP contribution in [0.3, 0.4) is 0 Å². The first-order valence-electron chi connectivity index (χ1n) is 11.3. The van der Waals surface area contributed by atoms with Crippen molar-refractivity contribution < 1.29 is 9.59 Å². The molecule has 1 saturated heterocycles. The molecule has 7 nitrogen and oxygen atoms in total. The fourth-order valence-corrected chi connectivity index (χ4v) is 5.52. The molecule has 0 unspecified atom stereocenters. The molecule has 1 aromatic heterocycles. The Balaban J connectivity index is 1.31. The van der Waals surface area contributed by atoms with E-state index in [0.29, 0.717) is 54.1 Å². The van der Waals surface area contributed by atoms with Gasteiger partial charge in [0.1, 0.15) is 11.9 Å². The van der Waals surface area contributed by atoms with Crippen LogP contribution in [0, 0.1) is 22.7 Å². The number of piperazine rings is 1. The summed E-state index contributed by atoms with van der Waals surface area (Å²) in [6.07, 6.45) is 4.94. The molecule has 0 radical (unpaired) electrons. The van der Waals surface area contributed by atoms with Crippen molar-refractivity contribution in [3.63, 3.8) is 0 Å². The van der Waals surface area contributed by atoms with Gasteiger partial charge in [-0.05, 0) is 48.9 Å². The van der Waals surface area contributed by atoms with Gasteiger partial charge in [0.25, 0.3) is 5.91 Å². The van der Waals surface area contributed by atoms with Gasteiger partial charge >= 0.3 is 0 Å². The summed E-state index contributed by atoms with van der Waals surface area (Å²) in [5.41, 5.74) is 2.43. The molecule has 1 aliphatic heterocycles. The minimum atomic E-state index is -0.163. The van der Waals surface area contributed by atoms with Gasteiger partial charge in [-0.15, -0.1) is 0 Å². The van der Waals surface area contributed by atoms with Crippen molar-refractivity contribution in [3.8, 4) is 17.2 Å². The maximum Gasteiger partial charge on any atom is 0.254 e. The average molecular weight is 464 g/mol. The van der Waals surface area contributed by atoms with Crippen LogP contribution < -0.4 is 4.90 Å². The van der Waals surface area contributed by atoms with Crippen LogP contribution in [0.15, 0.2) is 30.5 Å². The number of pyridine rings is 1. The molecule has 1 aromatic carbocycles. The predicted octanol–water partition coefficient (Wildman–Crippen LogP) is 3.42. The summed E-state index contributed by atoms with van der Waals surface area (Å²) in [4.78, 5) is 35.2. The average Bonchev–Trinajstić information content (AvgIpc) is 2.76. The molecule has 2 amide bonds. The number of nitrogens with zero attached hydrogens (tertiary/aromatic N) is 5. The molecule has 0 atom stereocenters. The monoisotopic (exact) mass is 463 g/mol. The van der Waals surface area contributed by atoms with Gasteiger partial charge < -0.3 is 14.7 Å². The third-order valence-corrected chi connectivity index (χ3v) is 7.60. The van der Waals surface area contributed by atoms with Crippen molar-refractivity contribution in [2.24, 2.45) is 11.3 Å². The van der Waals surface area contributed by atoms with E-state index in [2.05, 4.69) is 16.0 Å². The van der Waals surface area contributed by atoms with Crippen molar-refractivity contribution in [1.29, 1.82) is 5.26 Å². The minimum Gasteiger partial charge on any atom is -0.352 e. The van der Waals surface area contributed by atoms with Crippen LogP contribution in [-0.2, 0) is 4.79 Å². The molecule has 3 aliphatic carbocycles. The lowest BCUT2D eigenvalue weighted by Gasteiger charge is -2.61. The Morgan fingerprint density at radius 3 is 2.36 bits per heavy atom. The van der Waals surface area contributed by atoms with E-state index in [-0.39, 0.29) is 11.3 Å². The molecule has 4 aliphatic rings. The van der Waals surface area contributed by atoms with Crippen LogP contribution in [0.2, 0.25) is 5.02 Å². The number of nitriles is 1. The van der Waals surface area contributed by atoms with E-state index >= 15 is 0 Å². The summed E-state index contributed by atoms with van der Waals surface area (Å²) in [6, 6.07) is 9.31. The minimum absolute atomic E-state index is 0.0431. The first kappa shape index (κ1) is 21.7. The third kappa shape index (κ3) is 3.63. The Morgan fingerprint density at radius 1 is 1.12 bits per heavy atom. The summed E-state index contributed by atoms with van der Waals surface area (Å²) in [7, 11) is 3.36. The van der Waals surface area contributed by atoms with Gasteiger partial charge in [-0.2, -0.15) is 5.26 Å². The molecule has 3 saturated carbocycles. The highest BCUT2D eigenvalue weighted by molar-refractivity contribution is 6.34. The number of rotatable bonds is 4. The lowest BCUT2D eigenvalue weighted by molar-refractivity contribution is -0.177. The van der Waals surface area contributed by atoms with E-state index < -0.39 is 0 Å². The largest absolute Gasteiger partial charge is 0.352 e. The molecule has 0 N–H and O–H groups in total. The van der Waals surface area contributed by atoms with E-state index in [1.54, 1.807) is 38.5 Å². The zero-order valence-corrected chi connectivity index (χ0v) is 19.6. The number of hydrogen-bond donors (Lipinski definition) is 0. The van der Waals surface area contributed by atoms with Crippen molar-refractivity contribution >= 4 is 29.2 Å². The number of amides is 2. The number of halogens is 1.